The van der Waals surface area contributed by atoms with Gasteiger partial charge in [-0.25, -0.2) is 4.98 Å². The summed E-state index contributed by atoms with van der Waals surface area (Å²) in [6, 6.07) is 4.15. The summed E-state index contributed by atoms with van der Waals surface area (Å²) in [4.78, 5) is 8.72. The van der Waals surface area contributed by atoms with E-state index in [1.54, 1.807) is 23.7 Å². The standard InChI is InChI=1S/C13H12ClN3S/c14-4-1-13-16-11-7-15-5-2-12(11)17(13)8-10-3-6-18-9-10/h2-3,5-7,9H,1,4,8H2. The number of halogens is 1. The number of aromatic nitrogens is 3. The molecule has 3 rings (SSSR count). The largest absolute Gasteiger partial charge is 0.323 e. The van der Waals surface area contributed by atoms with E-state index in [0.29, 0.717) is 5.88 Å². The molecule has 5 heteroatoms. The first-order valence-electron chi connectivity index (χ1n) is 5.74. The van der Waals surface area contributed by atoms with Crippen LogP contribution in [0.15, 0.2) is 35.3 Å². The molecule has 0 spiro atoms. The van der Waals surface area contributed by atoms with Crippen molar-refractivity contribution in [2.24, 2.45) is 0 Å². The molecule has 3 nitrogen and oxygen atoms in total. The van der Waals surface area contributed by atoms with Gasteiger partial charge in [0.25, 0.3) is 0 Å². The van der Waals surface area contributed by atoms with E-state index in [4.69, 9.17) is 11.6 Å². The molecule has 3 heterocycles. The van der Waals surface area contributed by atoms with Crippen molar-refractivity contribution in [3.8, 4) is 0 Å². The molecule has 0 aromatic carbocycles. The zero-order valence-corrected chi connectivity index (χ0v) is 11.3. The van der Waals surface area contributed by atoms with Gasteiger partial charge >= 0.3 is 0 Å². The van der Waals surface area contributed by atoms with E-state index in [1.807, 2.05) is 6.07 Å². The molecule has 0 unspecified atom stereocenters. The van der Waals surface area contributed by atoms with Gasteiger partial charge in [-0.1, -0.05) is 0 Å². The van der Waals surface area contributed by atoms with E-state index in [-0.39, 0.29) is 0 Å². The maximum atomic E-state index is 5.85. The van der Waals surface area contributed by atoms with Crippen LogP contribution < -0.4 is 0 Å². The first kappa shape index (κ1) is 11.7. The average molecular weight is 278 g/mol. The van der Waals surface area contributed by atoms with E-state index in [1.165, 1.54) is 5.56 Å². The molecule has 18 heavy (non-hydrogen) atoms. The van der Waals surface area contributed by atoms with Gasteiger partial charge in [-0.3, -0.25) is 4.98 Å². The Balaban J connectivity index is 2.09. The topological polar surface area (TPSA) is 30.7 Å². The van der Waals surface area contributed by atoms with Crippen LogP contribution in [0.1, 0.15) is 11.4 Å². The average Bonchev–Trinajstić information content (AvgIpc) is 3.00. The second-order valence-corrected chi connectivity index (χ2v) is 5.21. The van der Waals surface area contributed by atoms with Crippen LogP contribution in [0.3, 0.4) is 0 Å². The van der Waals surface area contributed by atoms with Crippen LogP contribution in [0.5, 0.6) is 0 Å². The van der Waals surface area contributed by atoms with Crippen molar-refractivity contribution in [2.45, 2.75) is 13.0 Å². The summed E-state index contributed by atoms with van der Waals surface area (Å²) in [6.07, 6.45) is 4.39. The Morgan fingerprint density at radius 1 is 1.33 bits per heavy atom. The molecule has 0 bridgehead atoms. The zero-order valence-electron chi connectivity index (χ0n) is 9.71. The van der Waals surface area contributed by atoms with Crippen LogP contribution in [-0.4, -0.2) is 20.4 Å². The van der Waals surface area contributed by atoms with Gasteiger partial charge in [-0.15, -0.1) is 11.6 Å². The van der Waals surface area contributed by atoms with Gasteiger partial charge in [0.15, 0.2) is 0 Å². The first-order chi connectivity index (χ1) is 8.88. The second kappa shape index (κ2) is 5.08. The molecule has 0 N–H and O–H groups in total. The quantitative estimate of drug-likeness (QED) is 0.685. The van der Waals surface area contributed by atoms with Gasteiger partial charge in [-0.05, 0) is 28.5 Å². The van der Waals surface area contributed by atoms with E-state index in [9.17, 15) is 0 Å². The molecular formula is C13H12ClN3S. The number of hydrogen-bond acceptors (Lipinski definition) is 3. The van der Waals surface area contributed by atoms with Crippen molar-refractivity contribution in [3.63, 3.8) is 0 Å². The van der Waals surface area contributed by atoms with Crippen LogP contribution in [0.2, 0.25) is 0 Å². The Morgan fingerprint density at radius 2 is 2.28 bits per heavy atom. The predicted octanol–water partition coefficient (Wildman–Crippen LogP) is 3.32. The van der Waals surface area contributed by atoms with Gasteiger partial charge in [0.05, 0.1) is 18.3 Å². The summed E-state index contributed by atoms with van der Waals surface area (Å²) < 4.78 is 2.22. The molecule has 0 aliphatic rings. The first-order valence-corrected chi connectivity index (χ1v) is 7.22. The second-order valence-electron chi connectivity index (χ2n) is 4.05. The molecule has 3 aromatic heterocycles. The predicted molar refractivity (Wildman–Crippen MR) is 75.4 cm³/mol. The maximum absolute atomic E-state index is 5.85. The Labute approximate surface area is 114 Å². The van der Waals surface area contributed by atoms with E-state index in [2.05, 4.69) is 31.4 Å². The smallest absolute Gasteiger partial charge is 0.111 e. The van der Waals surface area contributed by atoms with Crippen LogP contribution in [0.25, 0.3) is 11.0 Å². The number of alkyl halides is 1. The van der Waals surface area contributed by atoms with Crippen LogP contribution >= 0.6 is 22.9 Å². The number of pyridine rings is 1. The monoisotopic (exact) mass is 277 g/mol. The third-order valence-corrected chi connectivity index (χ3v) is 3.79. The van der Waals surface area contributed by atoms with Crippen molar-refractivity contribution in [2.75, 3.05) is 5.88 Å². The molecule has 0 aliphatic heterocycles. The van der Waals surface area contributed by atoms with E-state index in [0.717, 1.165) is 29.8 Å². The van der Waals surface area contributed by atoms with Gasteiger partial charge in [0.1, 0.15) is 11.3 Å². The van der Waals surface area contributed by atoms with Crippen LogP contribution in [0.4, 0.5) is 0 Å². The van der Waals surface area contributed by atoms with Gasteiger partial charge < -0.3 is 4.57 Å². The SMILES string of the molecule is ClCCc1nc2cnccc2n1Cc1ccsc1. The molecule has 0 saturated heterocycles. The zero-order chi connectivity index (χ0) is 12.4. The van der Waals surface area contributed by atoms with Gasteiger partial charge in [-0.2, -0.15) is 11.3 Å². The third-order valence-electron chi connectivity index (χ3n) is 2.87. The highest BCUT2D eigenvalue weighted by molar-refractivity contribution is 7.07. The highest BCUT2D eigenvalue weighted by Crippen LogP contribution is 2.18. The van der Waals surface area contributed by atoms with E-state index < -0.39 is 0 Å². The minimum Gasteiger partial charge on any atom is -0.323 e. The van der Waals surface area contributed by atoms with Crippen molar-refractivity contribution in [1.82, 2.24) is 14.5 Å². The number of aryl methyl sites for hydroxylation is 1. The molecule has 0 amide bonds. The summed E-state index contributed by atoms with van der Waals surface area (Å²) in [7, 11) is 0. The summed E-state index contributed by atoms with van der Waals surface area (Å²) in [5.74, 6) is 1.61. The normalized spacial score (nSPS) is 11.2. The number of fused-ring (bicyclic) bond motifs is 1. The Bertz CT molecular complexity index is 645. The molecule has 0 radical (unpaired) electrons. The lowest BCUT2D eigenvalue weighted by Gasteiger charge is -2.06. The number of thiophene rings is 1. The Morgan fingerprint density at radius 3 is 3.06 bits per heavy atom. The van der Waals surface area contributed by atoms with Gasteiger partial charge in [0.2, 0.25) is 0 Å². The van der Waals surface area contributed by atoms with Crippen LogP contribution in [0, 0.1) is 0 Å². The Kier molecular flexibility index (Phi) is 3.30. The Hall–Kier alpha value is -1.39. The fourth-order valence-electron chi connectivity index (χ4n) is 2.05. The van der Waals surface area contributed by atoms with E-state index >= 15 is 0 Å². The lowest BCUT2D eigenvalue weighted by Crippen LogP contribution is -2.05. The maximum Gasteiger partial charge on any atom is 0.111 e. The lowest BCUT2D eigenvalue weighted by molar-refractivity contribution is 0.756. The fraction of sp³-hybridized carbons (Fsp3) is 0.231. The number of nitrogens with zero attached hydrogens (tertiary/aromatic N) is 3. The lowest BCUT2D eigenvalue weighted by atomic mass is 10.3. The number of imidazole rings is 1. The van der Waals surface area contributed by atoms with Crippen molar-refractivity contribution in [1.29, 1.82) is 0 Å². The summed E-state index contributed by atoms with van der Waals surface area (Å²) >= 11 is 7.56. The third kappa shape index (κ3) is 2.13. The summed E-state index contributed by atoms with van der Waals surface area (Å²) in [6.45, 7) is 0.843. The molecule has 3 aromatic rings. The highest BCUT2D eigenvalue weighted by atomic mass is 35.5. The van der Waals surface area contributed by atoms with Crippen molar-refractivity contribution < 1.29 is 0 Å². The molecule has 0 saturated carbocycles. The van der Waals surface area contributed by atoms with Crippen molar-refractivity contribution >= 4 is 34.0 Å². The summed E-state index contributed by atoms with van der Waals surface area (Å²) in [5.41, 5.74) is 3.36. The highest BCUT2D eigenvalue weighted by Gasteiger charge is 2.10. The molecular weight excluding hydrogens is 266 g/mol. The molecule has 0 fully saturated rings. The molecule has 0 aliphatic carbocycles. The molecule has 92 valence electrons. The molecule has 0 atom stereocenters. The summed E-state index contributed by atoms with van der Waals surface area (Å²) in [5, 5.41) is 4.26. The number of rotatable bonds is 4. The van der Waals surface area contributed by atoms with Crippen molar-refractivity contribution in [3.05, 3.63) is 46.7 Å². The number of hydrogen-bond donors (Lipinski definition) is 0. The fourth-order valence-corrected chi connectivity index (χ4v) is 2.88. The minimum atomic E-state index is 0.584. The minimum absolute atomic E-state index is 0.584. The van der Waals surface area contributed by atoms with Gasteiger partial charge in [0, 0.05) is 18.5 Å². The van der Waals surface area contributed by atoms with Crippen LogP contribution in [-0.2, 0) is 13.0 Å².